The van der Waals surface area contributed by atoms with Crippen molar-refractivity contribution in [3.63, 3.8) is 0 Å². The minimum atomic E-state index is -3.29. The van der Waals surface area contributed by atoms with Crippen LogP contribution in [-0.2, 0) is 16.4 Å². The van der Waals surface area contributed by atoms with Gasteiger partial charge in [0.05, 0.1) is 0 Å². The number of halogens is 1. The minimum Gasteiger partial charge on any atom is -0.316 e. The first kappa shape index (κ1) is 16.9. The zero-order valence-corrected chi connectivity index (χ0v) is 13.5. The fourth-order valence-corrected chi connectivity index (χ4v) is 4.51. The molecule has 1 saturated heterocycles. The number of hydrogen-bond acceptors (Lipinski definition) is 4. The summed E-state index contributed by atoms with van der Waals surface area (Å²) < 4.78 is 27.2. The third kappa shape index (κ3) is 4.72. The lowest BCUT2D eigenvalue weighted by molar-refractivity contribution is 0.520. The standard InChI is InChI=1S/C12H20N2O2S2.ClH/c1-2-11-3-4-12(17-11)18(15,16)14-8-6-10-5-7-13-9-10;/h3-4,10,13-14H,2,5-9H2,1H3;1H. The summed E-state index contributed by atoms with van der Waals surface area (Å²) in [6.07, 6.45) is 2.95. The van der Waals surface area contributed by atoms with Crippen molar-refractivity contribution < 1.29 is 8.42 Å². The minimum absolute atomic E-state index is 0. The SMILES string of the molecule is CCc1ccc(S(=O)(=O)NCCC2CCNC2)s1.Cl. The van der Waals surface area contributed by atoms with Crippen molar-refractivity contribution in [3.05, 3.63) is 17.0 Å². The number of rotatable bonds is 6. The van der Waals surface area contributed by atoms with Crippen LogP contribution in [0.15, 0.2) is 16.3 Å². The van der Waals surface area contributed by atoms with Crippen LogP contribution in [-0.4, -0.2) is 28.1 Å². The molecule has 4 nitrogen and oxygen atoms in total. The van der Waals surface area contributed by atoms with Gasteiger partial charge in [-0.25, -0.2) is 13.1 Å². The third-order valence-corrected chi connectivity index (χ3v) is 6.44. The number of hydrogen-bond donors (Lipinski definition) is 2. The van der Waals surface area contributed by atoms with Gasteiger partial charge in [0.1, 0.15) is 4.21 Å². The van der Waals surface area contributed by atoms with Gasteiger partial charge in [0, 0.05) is 11.4 Å². The highest BCUT2D eigenvalue weighted by Crippen LogP contribution is 2.21. The van der Waals surface area contributed by atoms with Crippen LogP contribution >= 0.6 is 23.7 Å². The fraction of sp³-hybridized carbons (Fsp3) is 0.667. The van der Waals surface area contributed by atoms with Gasteiger partial charge >= 0.3 is 0 Å². The summed E-state index contributed by atoms with van der Waals surface area (Å²) in [5.74, 6) is 0.613. The summed E-state index contributed by atoms with van der Waals surface area (Å²) in [7, 11) is -3.29. The number of aryl methyl sites for hydroxylation is 1. The van der Waals surface area contributed by atoms with Gasteiger partial charge in [-0.3, -0.25) is 0 Å². The van der Waals surface area contributed by atoms with Crippen LogP contribution in [0, 0.1) is 5.92 Å². The Hall–Kier alpha value is -0.140. The Labute approximate surface area is 125 Å². The molecule has 0 radical (unpaired) electrons. The van der Waals surface area contributed by atoms with Gasteiger partial charge in [-0.15, -0.1) is 23.7 Å². The van der Waals surface area contributed by atoms with E-state index in [0.29, 0.717) is 16.7 Å². The molecule has 2 rings (SSSR count). The van der Waals surface area contributed by atoms with E-state index < -0.39 is 10.0 Å². The highest BCUT2D eigenvalue weighted by atomic mass is 35.5. The van der Waals surface area contributed by atoms with Crippen molar-refractivity contribution in [3.8, 4) is 0 Å². The molecule has 1 atom stereocenters. The zero-order valence-electron chi connectivity index (χ0n) is 11.0. The highest BCUT2D eigenvalue weighted by molar-refractivity contribution is 7.91. The first-order valence-electron chi connectivity index (χ1n) is 6.41. The molecule has 2 heterocycles. The highest BCUT2D eigenvalue weighted by Gasteiger charge is 2.18. The Kier molecular flexibility index (Phi) is 6.76. The fourth-order valence-electron chi connectivity index (χ4n) is 2.12. The lowest BCUT2D eigenvalue weighted by Gasteiger charge is -2.08. The molecule has 2 N–H and O–H groups in total. The Morgan fingerprint density at radius 3 is 2.84 bits per heavy atom. The second kappa shape index (κ2) is 7.59. The lowest BCUT2D eigenvalue weighted by Crippen LogP contribution is -2.26. The van der Waals surface area contributed by atoms with Crippen molar-refractivity contribution in [2.24, 2.45) is 5.92 Å². The maximum Gasteiger partial charge on any atom is 0.250 e. The van der Waals surface area contributed by atoms with Crippen molar-refractivity contribution in [2.75, 3.05) is 19.6 Å². The zero-order chi connectivity index (χ0) is 13.0. The summed E-state index contributed by atoms with van der Waals surface area (Å²) in [4.78, 5) is 1.11. The van der Waals surface area contributed by atoms with E-state index in [9.17, 15) is 8.42 Å². The van der Waals surface area contributed by atoms with E-state index in [4.69, 9.17) is 0 Å². The molecule has 1 aliphatic heterocycles. The van der Waals surface area contributed by atoms with Crippen molar-refractivity contribution in [1.82, 2.24) is 10.0 Å². The third-order valence-electron chi connectivity index (χ3n) is 3.26. The smallest absolute Gasteiger partial charge is 0.250 e. The van der Waals surface area contributed by atoms with Crippen molar-refractivity contribution >= 4 is 33.8 Å². The topological polar surface area (TPSA) is 58.2 Å². The van der Waals surface area contributed by atoms with E-state index >= 15 is 0 Å². The molecule has 1 unspecified atom stereocenters. The van der Waals surface area contributed by atoms with E-state index in [2.05, 4.69) is 10.0 Å². The molecule has 7 heteroatoms. The molecule has 0 bridgehead atoms. The van der Waals surface area contributed by atoms with E-state index in [1.807, 2.05) is 13.0 Å². The molecule has 0 spiro atoms. The molecule has 110 valence electrons. The molecule has 0 aromatic carbocycles. The first-order chi connectivity index (χ1) is 8.62. The molecule has 0 saturated carbocycles. The summed E-state index contributed by atoms with van der Waals surface area (Å²) >= 11 is 1.36. The number of thiophene rings is 1. The molecule has 1 aromatic rings. The lowest BCUT2D eigenvalue weighted by atomic mass is 10.1. The molecular formula is C12H21ClN2O2S2. The van der Waals surface area contributed by atoms with Crippen LogP contribution in [0.2, 0.25) is 0 Å². The van der Waals surface area contributed by atoms with Crippen molar-refractivity contribution in [1.29, 1.82) is 0 Å². The monoisotopic (exact) mass is 324 g/mol. The van der Waals surface area contributed by atoms with Crippen LogP contribution in [0.3, 0.4) is 0 Å². The summed E-state index contributed by atoms with van der Waals surface area (Å²) in [6, 6.07) is 3.59. The summed E-state index contributed by atoms with van der Waals surface area (Å²) in [5.41, 5.74) is 0. The van der Waals surface area contributed by atoms with Gasteiger partial charge in [0.25, 0.3) is 0 Å². The van der Waals surface area contributed by atoms with Gasteiger partial charge in [-0.2, -0.15) is 0 Å². The maximum atomic E-state index is 12.0. The van der Waals surface area contributed by atoms with Crippen LogP contribution < -0.4 is 10.0 Å². The van der Waals surface area contributed by atoms with Gasteiger partial charge < -0.3 is 5.32 Å². The normalized spacial score (nSPS) is 19.3. The molecule has 1 aromatic heterocycles. The molecule has 0 amide bonds. The van der Waals surface area contributed by atoms with E-state index in [1.165, 1.54) is 11.3 Å². The predicted molar refractivity (Wildman–Crippen MR) is 81.7 cm³/mol. The Balaban J connectivity index is 0.00000180. The molecule has 19 heavy (non-hydrogen) atoms. The summed E-state index contributed by atoms with van der Waals surface area (Å²) in [6.45, 7) is 4.64. The van der Waals surface area contributed by atoms with E-state index in [-0.39, 0.29) is 12.4 Å². The second-order valence-electron chi connectivity index (χ2n) is 4.62. The first-order valence-corrected chi connectivity index (χ1v) is 8.71. The number of nitrogens with one attached hydrogen (secondary N) is 2. The largest absolute Gasteiger partial charge is 0.316 e. The second-order valence-corrected chi connectivity index (χ2v) is 7.78. The molecule has 0 aliphatic carbocycles. The van der Waals surface area contributed by atoms with Crippen LogP contribution in [0.25, 0.3) is 0 Å². The van der Waals surface area contributed by atoms with Crippen LogP contribution in [0.5, 0.6) is 0 Å². The van der Waals surface area contributed by atoms with Gasteiger partial charge in [-0.05, 0) is 50.4 Å². The van der Waals surface area contributed by atoms with E-state index in [1.54, 1.807) is 6.07 Å². The van der Waals surface area contributed by atoms with Crippen molar-refractivity contribution in [2.45, 2.75) is 30.4 Å². The molecule has 1 fully saturated rings. The Morgan fingerprint density at radius 1 is 1.47 bits per heavy atom. The predicted octanol–water partition coefficient (Wildman–Crippen LogP) is 2.01. The quantitative estimate of drug-likeness (QED) is 0.841. The van der Waals surface area contributed by atoms with Crippen LogP contribution in [0.4, 0.5) is 0 Å². The molecular weight excluding hydrogens is 304 g/mol. The molecule has 1 aliphatic rings. The van der Waals surface area contributed by atoms with Gasteiger partial charge in [0.15, 0.2) is 0 Å². The average molecular weight is 325 g/mol. The summed E-state index contributed by atoms with van der Waals surface area (Å²) in [5, 5.41) is 3.29. The van der Waals surface area contributed by atoms with Crippen LogP contribution in [0.1, 0.15) is 24.6 Å². The Bertz CT molecular complexity index is 482. The number of sulfonamides is 1. The van der Waals surface area contributed by atoms with Gasteiger partial charge in [0.2, 0.25) is 10.0 Å². The van der Waals surface area contributed by atoms with E-state index in [0.717, 1.165) is 37.2 Å². The van der Waals surface area contributed by atoms with Gasteiger partial charge in [-0.1, -0.05) is 6.92 Å². The Morgan fingerprint density at radius 2 is 2.26 bits per heavy atom. The maximum absolute atomic E-state index is 12.0. The average Bonchev–Trinajstić information content (AvgIpc) is 2.99.